The van der Waals surface area contributed by atoms with Gasteiger partial charge in [0, 0.05) is 23.3 Å². The summed E-state index contributed by atoms with van der Waals surface area (Å²) in [4.78, 5) is 0. The fraction of sp³-hybridized carbons (Fsp3) is 0.143. The van der Waals surface area contributed by atoms with Crippen molar-refractivity contribution in [2.24, 2.45) is 0 Å². The molecule has 0 unspecified atom stereocenters. The largest absolute Gasteiger partial charge is 0.495 e. The molecule has 2 nitrogen and oxygen atoms in total. The van der Waals surface area contributed by atoms with Crippen LogP contribution in [0.15, 0.2) is 40.9 Å². The molecule has 0 saturated carbocycles. The third-order valence-electron chi connectivity index (χ3n) is 2.57. The van der Waals surface area contributed by atoms with E-state index in [4.69, 9.17) is 16.3 Å². The Kier molecular flexibility index (Phi) is 4.66. The van der Waals surface area contributed by atoms with Gasteiger partial charge in [-0.3, -0.25) is 0 Å². The van der Waals surface area contributed by atoms with Crippen molar-refractivity contribution in [2.45, 2.75) is 6.54 Å². The van der Waals surface area contributed by atoms with Crippen LogP contribution in [0.5, 0.6) is 5.75 Å². The molecule has 2 aromatic carbocycles. The SMILES string of the molecule is COc1cc(NCc2cc(F)cc(Cl)c2)ccc1Br. The van der Waals surface area contributed by atoms with Gasteiger partial charge in [-0.25, -0.2) is 4.39 Å². The lowest BCUT2D eigenvalue weighted by atomic mass is 10.2. The Bertz CT molecular complexity index is 571. The molecule has 2 rings (SSSR count). The van der Waals surface area contributed by atoms with Gasteiger partial charge >= 0.3 is 0 Å². The molecule has 19 heavy (non-hydrogen) atoms. The summed E-state index contributed by atoms with van der Waals surface area (Å²) >= 11 is 9.19. The van der Waals surface area contributed by atoms with Crippen molar-refractivity contribution in [2.75, 3.05) is 12.4 Å². The number of hydrogen-bond acceptors (Lipinski definition) is 2. The molecule has 2 aromatic rings. The second-order valence-electron chi connectivity index (χ2n) is 3.98. The summed E-state index contributed by atoms with van der Waals surface area (Å²) in [5.74, 6) is 0.403. The van der Waals surface area contributed by atoms with E-state index in [-0.39, 0.29) is 5.82 Å². The summed E-state index contributed by atoms with van der Waals surface area (Å²) in [5, 5.41) is 3.58. The van der Waals surface area contributed by atoms with E-state index < -0.39 is 0 Å². The van der Waals surface area contributed by atoms with Gasteiger partial charge in [0.25, 0.3) is 0 Å². The van der Waals surface area contributed by atoms with Gasteiger partial charge in [-0.2, -0.15) is 0 Å². The topological polar surface area (TPSA) is 21.3 Å². The van der Waals surface area contributed by atoms with E-state index in [0.29, 0.717) is 11.6 Å². The van der Waals surface area contributed by atoms with E-state index in [1.54, 1.807) is 13.2 Å². The first-order valence-corrected chi connectivity index (χ1v) is 6.78. The number of rotatable bonds is 4. The highest BCUT2D eigenvalue weighted by Crippen LogP contribution is 2.28. The maximum atomic E-state index is 13.2. The average molecular weight is 345 g/mol. The standard InChI is InChI=1S/C14H12BrClFNO/c1-19-14-7-12(2-3-13(14)15)18-8-9-4-10(16)6-11(17)5-9/h2-7,18H,8H2,1H3. The van der Waals surface area contributed by atoms with Crippen molar-refractivity contribution < 1.29 is 9.13 Å². The number of ether oxygens (including phenoxy) is 1. The van der Waals surface area contributed by atoms with Crippen molar-refractivity contribution >= 4 is 33.2 Å². The molecule has 0 radical (unpaired) electrons. The second kappa shape index (κ2) is 6.26. The van der Waals surface area contributed by atoms with Gasteiger partial charge < -0.3 is 10.1 Å². The number of anilines is 1. The van der Waals surface area contributed by atoms with Crippen molar-refractivity contribution in [3.63, 3.8) is 0 Å². The molecule has 0 fully saturated rings. The van der Waals surface area contributed by atoms with Crippen molar-refractivity contribution in [3.8, 4) is 5.75 Å². The van der Waals surface area contributed by atoms with E-state index in [2.05, 4.69) is 21.2 Å². The monoisotopic (exact) mass is 343 g/mol. The first kappa shape index (κ1) is 14.2. The minimum absolute atomic E-state index is 0.335. The van der Waals surface area contributed by atoms with Crippen LogP contribution in [-0.2, 0) is 6.54 Å². The van der Waals surface area contributed by atoms with Gasteiger partial charge in [-0.15, -0.1) is 0 Å². The zero-order chi connectivity index (χ0) is 13.8. The second-order valence-corrected chi connectivity index (χ2v) is 5.27. The molecule has 0 amide bonds. The molecule has 5 heteroatoms. The van der Waals surface area contributed by atoms with Gasteiger partial charge in [-0.05, 0) is 51.8 Å². The van der Waals surface area contributed by atoms with Crippen LogP contribution in [-0.4, -0.2) is 7.11 Å². The third-order valence-corrected chi connectivity index (χ3v) is 3.44. The van der Waals surface area contributed by atoms with E-state index >= 15 is 0 Å². The van der Waals surface area contributed by atoms with Crippen LogP contribution in [0.25, 0.3) is 0 Å². The van der Waals surface area contributed by atoms with Crippen LogP contribution in [0.2, 0.25) is 5.02 Å². The lowest BCUT2D eigenvalue weighted by Crippen LogP contribution is -2.00. The summed E-state index contributed by atoms with van der Waals surface area (Å²) in [6, 6.07) is 10.1. The summed E-state index contributed by atoms with van der Waals surface area (Å²) < 4.78 is 19.3. The highest BCUT2D eigenvalue weighted by atomic mass is 79.9. The molecule has 0 aliphatic heterocycles. The Morgan fingerprint density at radius 2 is 2.05 bits per heavy atom. The Labute approximate surface area is 124 Å². The number of nitrogens with one attached hydrogen (secondary N) is 1. The lowest BCUT2D eigenvalue weighted by molar-refractivity contribution is 0.412. The fourth-order valence-corrected chi connectivity index (χ4v) is 2.34. The van der Waals surface area contributed by atoms with Crippen LogP contribution in [0.4, 0.5) is 10.1 Å². The molecule has 100 valence electrons. The molecular weight excluding hydrogens is 333 g/mol. The van der Waals surface area contributed by atoms with E-state index in [1.807, 2.05) is 18.2 Å². The van der Waals surface area contributed by atoms with E-state index in [1.165, 1.54) is 12.1 Å². The number of halogens is 3. The molecule has 0 heterocycles. The van der Waals surface area contributed by atoms with Crippen molar-refractivity contribution in [3.05, 3.63) is 57.3 Å². The number of hydrogen-bond donors (Lipinski definition) is 1. The lowest BCUT2D eigenvalue weighted by Gasteiger charge is -2.10. The Hall–Kier alpha value is -1.26. The molecular formula is C14H12BrClFNO. The summed E-state index contributed by atoms with van der Waals surface area (Å²) in [6.45, 7) is 0.488. The maximum absolute atomic E-state index is 13.2. The molecule has 0 bridgehead atoms. The van der Waals surface area contributed by atoms with Crippen LogP contribution >= 0.6 is 27.5 Å². The number of methoxy groups -OCH3 is 1. The summed E-state index contributed by atoms with van der Waals surface area (Å²) in [5.41, 5.74) is 1.67. The molecule has 0 saturated heterocycles. The zero-order valence-corrected chi connectivity index (χ0v) is 12.6. The molecule has 0 aromatic heterocycles. The Morgan fingerprint density at radius 3 is 2.74 bits per heavy atom. The molecule has 0 aliphatic rings. The van der Waals surface area contributed by atoms with Crippen LogP contribution in [0, 0.1) is 5.82 Å². The minimum Gasteiger partial charge on any atom is -0.495 e. The zero-order valence-electron chi connectivity index (χ0n) is 10.2. The van der Waals surface area contributed by atoms with Crippen LogP contribution < -0.4 is 10.1 Å². The molecule has 1 N–H and O–H groups in total. The normalized spacial score (nSPS) is 10.3. The Morgan fingerprint density at radius 1 is 1.26 bits per heavy atom. The van der Waals surface area contributed by atoms with Gasteiger partial charge in [0.15, 0.2) is 0 Å². The number of benzene rings is 2. The highest BCUT2D eigenvalue weighted by Gasteiger charge is 2.03. The van der Waals surface area contributed by atoms with Crippen LogP contribution in [0.1, 0.15) is 5.56 Å². The van der Waals surface area contributed by atoms with Crippen molar-refractivity contribution in [1.82, 2.24) is 0 Å². The molecule has 0 spiro atoms. The third kappa shape index (κ3) is 3.85. The summed E-state index contributed by atoms with van der Waals surface area (Å²) in [6.07, 6.45) is 0. The van der Waals surface area contributed by atoms with Gasteiger partial charge in [-0.1, -0.05) is 11.6 Å². The minimum atomic E-state index is -0.335. The first-order chi connectivity index (χ1) is 9.08. The smallest absolute Gasteiger partial charge is 0.135 e. The predicted molar refractivity (Wildman–Crippen MR) is 79.4 cm³/mol. The summed E-state index contributed by atoms with van der Waals surface area (Å²) in [7, 11) is 1.61. The molecule has 0 aliphatic carbocycles. The molecule has 0 atom stereocenters. The van der Waals surface area contributed by atoms with E-state index in [0.717, 1.165) is 21.5 Å². The first-order valence-electron chi connectivity index (χ1n) is 5.61. The van der Waals surface area contributed by atoms with Gasteiger partial charge in [0.05, 0.1) is 11.6 Å². The van der Waals surface area contributed by atoms with Crippen molar-refractivity contribution in [1.29, 1.82) is 0 Å². The van der Waals surface area contributed by atoms with Gasteiger partial charge in [0.1, 0.15) is 11.6 Å². The highest BCUT2D eigenvalue weighted by molar-refractivity contribution is 9.10. The van der Waals surface area contributed by atoms with Gasteiger partial charge in [0.2, 0.25) is 0 Å². The average Bonchev–Trinajstić information content (AvgIpc) is 2.36. The maximum Gasteiger partial charge on any atom is 0.135 e. The Balaban J connectivity index is 2.10. The predicted octanol–water partition coefficient (Wildman–Crippen LogP) is 4.86. The van der Waals surface area contributed by atoms with Crippen LogP contribution in [0.3, 0.4) is 0 Å². The quantitative estimate of drug-likeness (QED) is 0.855. The van der Waals surface area contributed by atoms with E-state index in [9.17, 15) is 4.39 Å². The fourth-order valence-electron chi connectivity index (χ4n) is 1.69.